The van der Waals surface area contributed by atoms with Crippen LogP contribution in [0.2, 0.25) is 13.7 Å². The van der Waals surface area contributed by atoms with Crippen molar-refractivity contribution in [1.29, 1.82) is 0 Å². The van der Waals surface area contributed by atoms with E-state index in [4.69, 9.17) is 39.2 Å². The fourth-order valence-electron chi connectivity index (χ4n) is 2.00. The Morgan fingerprint density at radius 1 is 1.19 bits per heavy atom. The van der Waals surface area contributed by atoms with E-state index in [1.807, 2.05) is 24.3 Å². The maximum atomic E-state index is 12.0. The molecule has 26 heavy (non-hydrogen) atoms. The van der Waals surface area contributed by atoms with E-state index in [-0.39, 0.29) is 17.8 Å². The molecule has 1 aromatic carbocycles. The number of amides is 1. The number of halogens is 3. The Balaban J connectivity index is 1.45. The molecule has 0 aliphatic carbocycles. The number of hydrogen-bond donors (Lipinski definition) is 1. The molecule has 0 radical (unpaired) electrons. The molecule has 0 bridgehead atoms. The topological polar surface area (TPSA) is 68.0 Å². The van der Waals surface area contributed by atoms with Gasteiger partial charge in [0.1, 0.15) is 4.34 Å². The number of carbonyl (C=O) groups is 1. The van der Waals surface area contributed by atoms with Crippen molar-refractivity contribution in [2.24, 2.45) is 0 Å². The molecule has 10 heteroatoms. The lowest BCUT2D eigenvalue weighted by Crippen LogP contribution is -2.11. The molecule has 2 heterocycles. The summed E-state index contributed by atoms with van der Waals surface area (Å²) in [7, 11) is 0. The zero-order valence-electron chi connectivity index (χ0n) is 13.2. The van der Waals surface area contributed by atoms with Crippen LogP contribution in [0.4, 0.5) is 6.01 Å². The van der Waals surface area contributed by atoms with Gasteiger partial charge in [0.2, 0.25) is 5.91 Å². The second-order valence-corrected chi connectivity index (χ2v) is 8.99. The molecule has 0 spiro atoms. The summed E-state index contributed by atoms with van der Waals surface area (Å²) in [6.45, 7) is 0. The molecule has 2 aromatic heterocycles. The number of hydrogen-bond acceptors (Lipinski definition) is 6. The molecule has 3 aromatic rings. The first kappa shape index (κ1) is 19.5. The van der Waals surface area contributed by atoms with Crippen molar-refractivity contribution in [3.8, 4) is 11.5 Å². The van der Waals surface area contributed by atoms with Crippen molar-refractivity contribution in [3.05, 3.63) is 44.0 Å². The van der Waals surface area contributed by atoms with Crippen LogP contribution in [0.15, 0.2) is 39.6 Å². The maximum absolute atomic E-state index is 12.0. The van der Waals surface area contributed by atoms with Gasteiger partial charge >= 0.3 is 6.01 Å². The van der Waals surface area contributed by atoms with Crippen LogP contribution in [0.1, 0.15) is 12.8 Å². The van der Waals surface area contributed by atoms with Crippen molar-refractivity contribution < 1.29 is 9.21 Å². The molecule has 3 rings (SSSR count). The fourth-order valence-corrected chi connectivity index (χ4v) is 4.43. The number of thiophene rings is 1. The number of carbonyl (C=O) groups excluding carboxylic acids is 1. The van der Waals surface area contributed by atoms with E-state index in [0.29, 0.717) is 32.1 Å². The van der Waals surface area contributed by atoms with Gasteiger partial charge in [0.15, 0.2) is 0 Å². The Kier molecular flexibility index (Phi) is 6.83. The van der Waals surface area contributed by atoms with Gasteiger partial charge in [-0.05, 0) is 42.5 Å². The lowest BCUT2D eigenvalue weighted by molar-refractivity contribution is -0.116. The van der Waals surface area contributed by atoms with Crippen molar-refractivity contribution >= 4 is 69.8 Å². The summed E-state index contributed by atoms with van der Waals surface area (Å²) < 4.78 is 6.39. The van der Waals surface area contributed by atoms with Gasteiger partial charge in [0.05, 0.1) is 9.90 Å². The highest BCUT2D eigenvalue weighted by atomic mass is 35.5. The van der Waals surface area contributed by atoms with Gasteiger partial charge in [-0.3, -0.25) is 10.1 Å². The minimum Gasteiger partial charge on any atom is -0.403 e. The molecule has 0 aliphatic rings. The van der Waals surface area contributed by atoms with Crippen LogP contribution >= 0.6 is 57.9 Å². The summed E-state index contributed by atoms with van der Waals surface area (Å²) in [6.07, 6.45) is 1.06. The molecule has 1 N–H and O–H groups in total. The lowest BCUT2D eigenvalue weighted by Gasteiger charge is -2.02. The molecular weight excluding hydrogens is 437 g/mol. The van der Waals surface area contributed by atoms with E-state index in [9.17, 15) is 4.79 Å². The van der Waals surface area contributed by atoms with Crippen molar-refractivity contribution in [3.63, 3.8) is 0 Å². The zero-order valence-corrected chi connectivity index (χ0v) is 17.1. The number of aromatic nitrogens is 2. The highest BCUT2D eigenvalue weighted by molar-refractivity contribution is 7.99. The number of nitrogens with one attached hydrogen (secondary N) is 1. The third-order valence-corrected chi connectivity index (χ3v) is 6.03. The first-order valence-electron chi connectivity index (χ1n) is 7.48. The highest BCUT2D eigenvalue weighted by Gasteiger charge is 2.16. The van der Waals surface area contributed by atoms with Gasteiger partial charge in [-0.25, -0.2) is 0 Å². The molecule has 0 atom stereocenters. The van der Waals surface area contributed by atoms with Gasteiger partial charge in [-0.2, -0.15) is 0 Å². The highest BCUT2D eigenvalue weighted by Crippen LogP contribution is 2.37. The Bertz CT molecular complexity index is 897. The molecule has 0 aliphatic heterocycles. The Hall–Kier alpha value is -1.25. The van der Waals surface area contributed by atoms with Crippen molar-refractivity contribution in [2.75, 3.05) is 11.1 Å². The summed E-state index contributed by atoms with van der Waals surface area (Å²) in [6, 6.07) is 9.27. The standard InChI is InChI=1S/C16H12Cl3N3O2S2/c17-9-3-5-10(6-4-9)25-7-1-2-13(23)20-16-22-21-15(24-16)11-8-12(18)26-14(11)19/h3-6,8H,1-2,7H2,(H,20,22,23). The van der Waals surface area contributed by atoms with E-state index < -0.39 is 0 Å². The predicted molar refractivity (Wildman–Crippen MR) is 108 cm³/mol. The SMILES string of the molecule is O=C(CCCSc1ccc(Cl)cc1)Nc1nnc(-c2cc(Cl)sc2Cl)o1. The Labute approximate surface area is 173 Å². The molecule has 0 saturated heterocycles. The zero-order chi connectivity index (χ0) is 18.5. The van der Waals surface area contributed by atoms with E-state index in [1.54, 1.807) is 17.8 Å². The molecule has 0 saturated carbocycles. The normalized spacial score (nSPS) is 10.9. The summed E-state index contributed by atoms with van der Waals surface area (Å²) in [5, 5.41) is 11.0. The van der Waals surface area contributed by atoms with Crippen LogP contribution in [-0.2, 0) is 4.79 Å². The van der Waals surface area contributed by atoms with E-state index in [0.717, 1.165) is 10.6 Å². The number of thioether (sulfide) groups is 1. The van der Waals surface area contributed by atoms with Gasteiger partial charge in [0.25, 0.3) is 5.89 Å². The quantitative estimate of drug-likeness (QED) is 0.341. The second kappa shape index (κ2) is 9.10. The average molecular weight is 449 g/mol. The van der Waals surface area contributed by atoms with Gasteiger partial charge in [0, 0.05) is 16.3 Å². The van der Waals surface area contributed by atoms with Crippen LogP contribution in [0.3, 0.4) is 0 Å². The summed E-state index contributed by atoms with van der Waals surface area (Å²) in [4.78, 5) is 13.1. The largest absolute Gasteiger partial charge is 0.403 e. The van der Waals surface area contributed by atoms with E-state index in [1.165, 1.54) is 11.3 Å². The summed E-state index contributed by atoms with van der Waals surface area (Å²) >= 11 is 20.7. The number of anilines is 1. The van der Waals surface area contributed by atoms with Crippen LogP contribution in [0.25, 0.3) is 11.5 Å². The Morgan fingerprint density at radius 2 is 1.96 bits per heavy atom. The predicted octanol–water partition coefficient (Wildman–Crippen LogP) is 6.27. The molecule has 0 unspecified atom stereocenters. The lowest BCUT2D eigenvalue weighted by atomic mass is 10.3. The second-order valence-electron chi connectivity index (χ2n) is 5.10. The summed E-state index contributed by atoms with van der Waals surface area (Å²) in [5.41, 5.74) is 0.550. The number of nitrogens with zero attached hydrogens (tertiary/aromatic N) is 2. The smallest absolute Gasteiger partial charge is 0.322 e. The third-order valence-electron chi connectivity index (χ3n) is 3.19. The third kappa shape index (κ3) is 5.37. The van der Waals surface area contributed by atoms with Crippen molar-refractivity contribution in [1.82, 2.24) is 10.2 Å². The Morgan fingerprint density at radius 3 is 2.65 bits per heavy atom. The van der Waals surface area contributed by atoms with E-state index in [2.05, 4.69) is 15.5 Å². The summed E-state index contributed by atoms with van der Waals surface area (Å²) in [5.74, 6) is 0.839. The number of benzene rings is 1. The van der Waals surface area contributed by atoms with Crippen LogP contribution in [-0.4, -0.2) is 21.9 Å². The van der Waals surface area contributed by atoms with E-state index >= 15 is 0 Å². The minimum absolute atomic E-state index is 0.0359. The fraction of sp³-hybridized carbons (Fsp3) is 0.188. The van der Waals surface area contributed by atoms with Crippen LogP contribution < -0.4 is 5.32 Å². The van der Waals surface area contributed by atoms with Crippen LogP contribution in [0.5, 0.6) is 0 Å². The maximum Gasteiger partial charge on any atom is 0.322 e. The molecule has 0 fully saturated rings. The van der Waals surface area contributed by atoms with Crippen LogP contribution in [0, 0.1) is 0 Å². The average Bonchev–Trinajstić information content (AvgIpc) is 3.19. The molecule has 136 valence electrons. The first-order valence-corrected chi connectivity index (χ1v) is 10.4. The molecule has 5 nitrogen and oxygen atoms in total. The van der Waals surface area contributed by atoms with Gasteiger partial charge in [-0.1, -0.05) is 39.9 Å². The first-order chi connectivity index (χ1) is 12.5. The van der Waals surface area contributed by atoms with Gasteiger partial charge < -0.3 is 4.42 Å². The molecule has 1 amide bonds. The minimum atomic E-state index is -0.189. The van der Waals surface area contributed by atoms with Gasteiger partial charge in [-0.15, -0.1) is 28.2 Å². The van der Waals surface area contributed by atoms with Crippen molar-refractivity contribution in [2.45, 2.75) is 17.7 Å². The number of rotatable bonds is 7. The monoisotopic (exact) mass is 447 g/mol. The molecular formula is C16H12Cl3N3O2S2.